The predicted octanol–water partition coefficient (Wildman–Crippen LogP) is 0.951. The van der Waals surface area contributed by atoms with Crippen LogP contribution in [0.15, 0.2) is 41.6 Å². The Labute approximate surface area is 117 Å². The quantitative estimate of drug-likeness (QED) is 0.641. The first-order chi connectivity index (χ1) is 9.59. The molecule has 0 bridgehead atoms. The number of nitrogens with zero attached hydrogens (tertiary/aromatic N) is 2. The molecular weight excluding hydrogens is 252 g/mol. The van der Waals surface area contributed by atoms with Crippen LogP contribution in [0.2, 0.25) is 0 Å². The van der Waals surface area contributed by atoms with E-state index in [0.29, 0.717) is 0 Å². The summed E-state index contributed by atoms with van der Waals surface area (Å²) in [5.74, 6) is 0.00821. The molecule has 4 N–H and O–H groups in total. The first-order valence-corrected chi connectivity index (χ1v) is 6.59. The predicted molar refractivity (Wildman–Crippen MR) is 79.0 cm³/mol. The number of pyridine rings is 1. The lowest BCUT2D eigenvalue weighted by molar-refractivity contribution is -0.414. The van der Waals surface area contributed by atoms with Gasteiger partial charge in [0.1, 0.15) is 0 Å². The Morgan fingerprint density at radius 1 is 1.35 bits per heavy atom. The van der Waals surface area contributed by atoms with Gasteiger partial charge in [0, 0.05) is 23.1 Å². The van der Waals surface area contributed by atoms with Gasteiger partial charge in [-0.1, -0.05) is 38.1 Å². The number of hydrazone groups is 1. The van der Waals surface area contributed by atoms with Crippen LogP contribution in [0.5, 0.6) is 0 Å². The molecule has 0 aliphatic rings. The molecule has 1 aromatic heterocycles. The van der Waals surface area contributed by atoms with Crippen LogP contribution in [0.4, 0.5) is 0 Å². The zero-order valence-electron chi connectivity index (χ0n) is 11.7. The lowest BCUT2D eigenvalue weighted by Gasteiger charge is -2.09. The largest absolute Gasteiger partial charge is 0.347 e. The summed E-state index contributed by atoms with van der Waals surface area (Å²) in [5, 5.41) is 5.03. The van der Waals surface area contributed by atoms with Gasteiger partial charge in [0.05, 0.1) is 11.7 Å². The molecule has 2 aromatic rings. The maximum absolute atomic E-state index is 11.7. The van der Waals surface area contributed by atoms with E-state index in [4.69, 9.17) is 0 Å². The maximum Gasteiger partial charge on any atom is 0.298 e. The number of carbonyl (C=O) groups is 1. The molecule has 0 spiro atoms. The fourth-order valence-electron chi connectivity index (χ4n) is 1.78. The van der Waals surface area contributed by atoms with Crippen molar-refractivity contribution < 1.29 is 10.5 Å². The lowest BCUT2D eigenvalue weighted by atomic mass is 10.1. The van der Waals surface area contributed by atoms with Crippen LogP contribution in [0.1, 0.15) is 19.4 Å². The van der Waals surface area contributed by atoms with Gasteiger partial charge in [-0.2, -0.15) is 5.10 Å². The molecule has 0 saturated carbocycles. The minimum atomic E-state index is -0.308. The van der Waals surface area contributed by atoms with Gasteiger partial charge >= 0.3 is 0 Å². The minimum absolute atomic E-state index is 0.176. The number of quaternary nitrogens is 1. The van der Waals surface area contributed by atoms with Gasteiger partial charge in [-0.15, -0.1) is 0 Å². The monoisotopic (exact) mass is 271 g/mol. The van der Waals surface area contributed by atoms with Crippen LogP contribution in [-0.2, 0) is 4.79 Å². The molecule has 20 heavy (non-hydrogen) atoms. The summed E-state index contributed by atoms with van der Waals surface area (Å²) in [4.78, 5) is 16.1. The van der Waals surface area contributed by atoms with Crippen LogP contribution in [0.3, 0.4) is 0 Å². The standard InChI is InChI=1S/C15H18N4O/c1-10(2)13(16)15(20)19-18-9-12-6-3-5-11-7-4-8-17-14(11)12/h3-10,13H,16H2,1-2H3,(H,19,20)/p+1. The molecule has 5 nitrogen and oxygen atoms in total. The van der Waals surface area contributed by atoms with Gasteiger partial charge in [-0.3, -0.25) is 9.78 Å². The second-order valence-corrected chi connectivity index (χ2v) is 5.01. The number of nitrogens with one attached hydrogen (secondary N) is 1. The van der Waals surface area contributed by atoms with Gasteiger partial charge in [0.15, 0.2) is 6.04 Å². The zero-order valence-corrected chi connectivity index (χ0v) is 11.7. The highest BCUT2D eigenvalue weighted by Crippen LogP contribution is 2.13. The third-order valence-electron chi connectivity index (χ3n) is 3.18. The molecule has 2 rings (SSSR count). The van der Waals surface area contributed by atoms with Crippen molar-refractivity contribution in [1.82, 2.24) is 10.4 Å². The minimum Gasteiger partial charge on any atom is -0.347 e. The highest BCUT2D eigenvalue weighted by Gasteiger charge is 2.20. The second kappa shape index (κ2) is 6.25. The van der Waals surface area contributed by atoms with Crippen LogP contribution in [-0.4, -0.2) is 23.1 Å². The summed E-state index contributed by atoms with van der Waals surface area (Å²) >= 11 is 0. The van der Waals surface area contributed by atoms with Crippen molar-refractivity contribution in [2.75, 3.05) is 0 Å². The number of hydrogen-bond donors (Lipinski definition) is 2. The van der Waals surface area contributed by atoms with E-state index in [-0.39, 0.29) is 17.9 Å². The van der Waals surface area contributed by atoms with Gasteiger partial charge < -0.3 is 5.73 Å². The van der Waals surface area contributed by atoms with Crippen LogP contribution < -0.4 is 11.2 Å². The van der Waals surface area contributed by atoms with Crippen molar-refractivity contribution in [3.63, 3.8) is 0 Å². The number of carbonyl (C=O) groups excluding carboxylic acids is 1. The Hall–Kier alpha value is -2.27. The van der Waals surface area contributed by atoms with Gasteiger partial charge in [-0.05, 0) is 6.07 Å². The number of fused-ring (bicyclic) bond motifs is 1. The van der Waals surface area contributed by atoms with Crippen LogP contribution >= 0.6 is 0 Å². The summed E-state index contributed by atoms with van der Waals surface area (Å²) in [6.45, 7) is 3.91. The Morgan fingerprint density at radius 3 is 2.85 bits per heavy atom. The van der Waals surface area contributed by atoms with Crippen LogP contribution in [0.25, 0.3) is 10.9 Å². The van der Waals surface area contributed by atoms with E-state index in [9.17, 15) is 4.79 Å². The lowest BCUT2D eigenvalue weighted by Crippen LogP contribution is -2.69. The molecule has 0 fully saturated rings. The number of aromatic nitrogens is 1. The third-order valence-corrected chi connectivity index (χ3v) is 3.18. The average molecular weight is 271 g/mol. The van der Waals surface area contributed by atoms with E-state index >= 15 is 0 Å². The molecule has 0 saturated heterocycles. The SMILES string of the molecule is CC(C)C([NH3+])C(=O)NN=Cc1cccc2cccnc12. The summed E-state index contributed by atoms with van der Waals surface area (Å²) in [6, 6.07) is 9.41. The Balaban J connectivity index is 2.13. The molecular formula is C15H19N4O+. The van der Waals surface area contributed by atoms with Crippen molar-refractivity contribution in [1.29, 1.82) is 0 Å². The van der Waals surface area contributed by atoms with E-state index < -0.39 is 0 Å². The van der Waals surface area contributed by atoms with Crippen molar-refractivity contribution >= 4 is 23.0 Å². The number of para-hydroxylation sites is 1. The van der Waals surface area contributed by atoms with Crippen molar-refractivity contribution in [3.05, 3.63) is 42.1 Å². The third kappa shape index (κ3) is 3.19. The molecule has 0 aliphatic heterocycles. The molecule has 1 unspecified atom stereocenters. The summed E-state index contributed by atoms with van der Waals surface area (Å²) in [5.41, 5.74) is 8.06. The second-order valence-electron chi connectivity index (χ2n) is 5.01. The van der Waals surface area contributed by atoms with E-state index in [1.165, 1.54) is 0 Å². The molecule has 104 valence electrons. The summed E-state index contributed by atoms with van der Waals surface area (Å²) < 4.78 is 0. The fraction of sp³-hybridized carbons (Fsp3) is 0.267. The highest BCUT2D eigenvalue weighted by atomic mass is 16.2. The molecule has 5 heteroatoms. The Bertz CT molecular complexity index is 631. The maximum atomic E-state index is 11.7. The highest BCUT2D eigenvalue weighted by molar-refractivity contribution is 5.97. The fourth-order valence-corrected chi connectivity index (χ4v) is 1.78. The summed E-state index contributed by atoms with van der Waals surface area (Å²) in [7, 11) is 0. The average Bonchev–Trinajstić information content (AvgIpc) is 2.46. The number of benzene rings is 1. The molecule has 0 aliphatic carbocycles. The molecule has 1 amide bonds. The van der Waals surface area contributed by atoms with Crippen molar-refractivity contribution in [2.45, 2.75) is 19.9 Å². The molecule has 1 atom stereocenters. The normalized spacial score (nSPS) is 13.0. The molecule has 1 aromatic carbocycles. The topological polar surface area (TPSA) is 82.0 Å². The van der Waals surface area contributed by atoms with Gasteiger partial charge in [0.2, 0.25) is 0 Å². The van der Waals surface area contributed by atoms with Crippen LogP contribution in [0, 0.1) is 5.92 Å². The Kier molecular flexibility index (Phi) is 4.42. The van der Waals surface area contributed by atoms with E-state index in [1.54, 1.807) is 12.4 Å². The summed E-state index contributed by atoms with van der Waals surface area (Å²) in [6.07, 6.45) is 3.35. The Morgan fingerprint density at radius 2 is 2.10 bits per heavy atom. The van der Waals surface area contributed by atoms with Crippen molar-refractivity contribution in [2.24, 2.45) is 11.0 Å². The van der Waals surface area contributed by atoms with E-state index in [1.807, 2.05) is 44.2 Å². The number of rotatable bonds is 4. The molecule has 0 radical (unpaired) electrons. The van der Waals surface area contributed by atoms with E-state index in [2.05, 4.69) is 21.2 Å². The van der Waals surface area contributed by atoms with Crippen molar-refractivity contribution in [3.8, 4) is 0 Å². The molecule has 1 heterocycles. The first-order valence-electron chi connectivity index (χ1n) is 6.59. The van der Waals surface area contributed by atoms with Gasteiger partial charge in [-0.25, -0.2) is 5.43 Å². The number of amides is 1. The van der Waals surface area contributed by atoms with E-state index in [0.717, 1.165) is 16.5 Å². The number of hydrogen-bond acceptors (Lipinski definition) is 3. The van der Waals surface area contributed by atoms with Gasteiger partial charge in [0.25, 0.3) is 5.91 Å². The smallest absolute Gasteiger partial charge is 0.298 e. The first kappa shape index (κ1) is 14.1. The zero-order chi connectivity index (χ0) is 14.5.